The molecule has 0 radical (unpaired) electrons. The van der Waals surface area contributed by atoms with E-state index in [4.69, 9.17) is 10.5 Å². The summed E-state index contributed by atoms with van der Waals surface area (Å²) in [7, 11) is 0. The van der Waals surface area contributed by atoms with Gasteiger partial charge in [0.1, 0.15) is 11.4 Å². The normalized spacial score (nSPS) is 18.5. The van der Waals surface area contributed by atoms with Crippen LogP contribution in [0, 0.1) is 0 Å². The lowest BCUT2D eigenvalue weighted by molar-refractivity contribution is 0.0279. The van der Waals surface area contributed by atoms with E-state index in [1.54, 1.807) is 12.4 Å². The zero-order chi connectivity index (χ0) is 21.6. The summed E-state index contributed by atoms with van der Waals surface area (Å²) in [6.45, 7) is 2.66. The summed E-state index contributed by atoms with van der Waals surface area (Å²) in [5.41, 5.74) is 7.24. The number of carbonyl (C=O) groups is 1. The van der Waals surface area contributed by atoms with Gasteiger partial charge in [-0.1, -0.05) is 18.9 Å². The number of nitrogens with one attached hydrogen (secondary N) is 2. The van der Waals surface area contributed by atoms with Gasteiger partial charge in [0.25, 0.3) is 5.91 Å². The van der Waals surface area contributed by atoms with Crippen LogP contribution in [0.4, 0.5) is 17.5 Å². The highest BCUT2D eigenvalue weighted by Crippen LogP contribution is 2.25. The van der Waals surface area contributed by atoms with Crippen molar-refractivity contribution in [1.82, 2.24) is 25.0 Å². The van der Waals surface area contributed by atoms with Crippen molar-refractivity contribution in [3.05, 3.63) is 48.4 Å². The Hall–Kier alpha value is -3.53. The van der Waals surface area contributed by atoms with Gasteiger partial charge in [-0.25, -0.2) is 4.98 Å². The standard InChI is InChI=1S/C21H26N8O2/c1-2-31-18-9-4-3-8-17(18)27-21-23-13-16(19(22)30)20(28-21)26-14-6-5-7-15(12-14)29-24-10-11-25-29/h5-7,10-13,17-18H,2-4,8-9H2,1H3,(H2,22,30)(H2,23,26,27,28)/t17-,18-/m1/s1. The summed E-state index contributed by atoms with van der Waals surface area (Å²) in [5.74, 6) is 0.150. The monoisotopic (exact) mass is 422 g/mol. The fourth-order valence-electron chi connectivity index (χ4n) is 3.76. The van der Waals surface area contributed by atoms with Crippen LogP contribution in [0.3, 0.4) is 0 Å². The van der Waals surface area contributed by atoms with Crippen molar-refractivity contribution in [2.75, 3.05) is 17.2 Å². The third kappa shape index (κ3) is 4.97. The van der Waals surface area contributed by atoms with E-state index in [2.05, 4.69) is 30.8 Å². The maximum atomic E-state index is 11.9. The van der Waals surface area contributed by atoms with E-state index in [0.717, 1.165) is 31.4 Å². The molecule has 1 saturated carbocycles. The lowest BCUT2D eigenvalue weighted by Crippen LogP contribution is -2.39. The Labute approximate surface area is 180 Å². The van der Waals surface area contributed by atoms with Crippen LogP contribution < -0.4 is 16.4 Å². The molecule has 0 spiro atoms. The number of amides is 1. The first kappa shape index (κ1) is 20.7. The molecule has 10 nitrogen and oxygen atoms in total. The maximum Gasteiger partial charge on any atom is 0.254 e. The number of ether oxygens (including phenoxy) is 1. The smallest absolute Gasteiger partial charge is 0.254 e. The van der Waals surface area contributed by atoms with Crippen LogP contribution in [0.5, 0.6) is 0 Å². The molecule has 2 aromatic heterocycles. The summed E-state index contributed by atoms with van der Waals surface area (Å²) >= 11 is 0. The Kier molecular flexibility index (Phi) is 6.37. The third-order valence-corrected chi connectivity index (χ3v) is 5.21. The number of hydrogen-bond donors (Lipinski definition) is 3. The summed E-state index contributed by atoms with van der Waals surface area (Å²) < 4.78 is 5.88. The minimum Gasteiger partial charge on any atom is -0.376 e. The lowest BCUT2D eigenvalue weighted by atomic mass is 9.92. The van der Waals surface area contributed by atoms with Gasteiger partial charge >= 0.3 is 0 Å². The van der Waals surface area contributed by atoms with Crippen molar-refractivity contribution in [2.45, 2.75) is 44.8 Å². The van der Waals surface area contributed by atoms with E-state index < -0.39 is 5.91 Å². The van der Waals surface area contributed by atoms with E-state index in [1.807, 2.05) is 31.2 Å². The first-order valence-corrected chi connectivity index (χ1v) is 10.4. The molecule has 162 valence electrons. The fourth-order valence-corrected chi connectivity index (χ4v) is 3.76. The first-order valence-electron chi connectivity index (χ1n) is 10.4. The molecule has 1 fully saturated rings. The quantitative estimate of drug-likeness (QED) is 0.505. The number of benzene rings is 1. The minimum absolute atomic E-state index is 0.118. The molecular formula is C21H26N8O2. The number of primary amides is 1. The number of anilines is 3. The van der Waals surface area contributed by atoms with Crippen LogP contribution in [0.25, 0.3) is 5.69 Å². The first-order chi connectivity index (χ1) is 15.1. The van der Waals surface area contributed by atoms with Crippen molar-refractivity contribution < 1.29 is 9.53 Å². The number of nitrogens with zero attached hydrogens (tertiary/aromatic N) is 5. The highest BCUT2D eigenvalue weighted by molar-refractivity contribution is 5.98. The molecule has 0 aliphatic heterocycles. The molecule has 1 amide bonds. The van der Waals surface area contributed by atoms with E-state index in [9.17, 15) is 4.79 Å². The largest absolute Gasteiger partial charge is 0.376 e. The van der Waals surface area contributed by atoms with Gasteiger partial charge in [-0.2, -0.15) is 20.0 Å². The van der Waals surface area contributed by atoms with Crippen molar-refractivity contribution >= 4 is 23.4 Å². The second-order valence-corrected chi connectivity index (χ2v) is 7.34. The number of hydrogen-bond acceptors (Lipinski definition) is 8. The average molecular weight is 422 g/mol. The van der Waals surface area contributed by atoms with Gasteiger partial charge < -0.3 is 21.1 Å². The van der Waals surface area contributed by atoms with Crippen molar-refractivity contribution in [3.8, 4) is 5.69 Å². The van der Waals surface area contributed by atoms with Crippen molar-refractivity contribution in [3.63, 3.8) is 0 Å². The van der Waals surface area contributed by atoms with Gasteiger partial charge in [-0.3, -0.25) is 4.79 Å². The fraction of sp³-hybridized carbons (Fsp3) is 0.381. The molecule has 1 aliphatic rings. The number of nitrogens with two attached hydrogens (primary N) is 1. The molecular weight excluding hydrogens is 396 g/mol. The van der Waals surface area contributed by atoms with E-state index in [1.165, 1.54) is 11.0 Å². The Morgan fingerprint density at radius 2 is 2.06 bits per heavy atom. The van der Waals surface area contributed by atoms with Gasteiger partial charge in [-0.05, 0) is 38.0 Å². The Bertz CT molecular complexity index is 1020. The van der Waals surface area contributed by atoms with Gasteiger partial charge in [0.05, 0.1) is 30.2 Å². The molecule has 0 bridgehead atoms. The maximum absolute atomic E-state index is 11.9. The van der Waals surface area contributed by atoms with Gasteiger partial charge in [0.2, 0.25) is 5.95 Å². The number of carbonyl (C=O) groups excluding carboxylic acids is 1. The van der Waals surface area contributed by atoms with E-state index in [0.29, 0.717) is 24.1 Å². The Morgan fingerprint density at radius 1 is 1.26 bits per heavy atom. The summed E-state index contributed by atoms with van der Waals surface area (Å²) in [4.78, 5) is 22.3. The molecule has 1 aliphatic carbocycles. The molecule has 4 N–H and O–H groups in total. The molecule has 0 saturated heterocycles. The molecule has 10 heteroatoms. The number of aromatic nitrogens is 5. The Balaban J connectivity index is 1.58. The van der Waals surface area contributed by atoms with Crippen molar-refractivity contribution in [2.24, 2.45) is 5.73 Å². The predicted octanol–water partition coefficient (Wildman–Crippen LogP) is 2.66. The van der Waals surface area contributed by atoms with Gasteiger partial charge in [-0.15, -0.1) is 0 Å². The highest BCUT2D eigenvalue weighted by atomic mass is 16.5. The number of rotatable bonds is 8. The van der Waals surface area contributed by atoms with E-state index in [-0.39, 0.29) is 17.7 Å². The van der Waals surface area contributed by atoms with Crippen LogP contribution in [-0.2, 0) is 4.74 Å². The summed E-state index contributed by atoms with van der Waals surface area (Å²) in [5, 5.41) is 14.8. The second-order valence-electron chi connectivity index (χ2n) is 7.34. The minimum atomic E-state index is -0.608. The molecule has 0 unspecified atom stereocenters. The van der Waals surface area contributed by atoms with Crippen LogP contribution in [-0.4, -0.2) is 49.6 Å². The van der Waals surface area contributed by atoms with Crippen LogP contribution in [0.1, 0.15) is 43.0 Å². The summed E-state index contributed by atoms with van der Waals surface area (Å²) in [6, 6.07) is 7.57. The molecule has 2 heterocycles. The molecule has 4 rings (SSSR count). The second kappa shape index (κ2) is 9.52. The third-order valence-electron chi connectivity index (χ3n) is 5.21. The predicted molar refractivity (Wildman–Crippen MR) is 116 cm³/mol. The molecule has 1 aromatic carbocycles. The van der Waals surface area contributed by atoms with Crippen LogP contribution in [0.2, 0.25) is 0 Å². The molecule has 2 atom stereocenters. The van der Waals surface area contributed by atoms with Crippen molar-refractivity contribution in [1.29, 1.82) is 0 Å². The topological polar surface area (TPSA) is 133 Å². The molecule has 31 heavy (non-hydrogen) atoms. The summed E-state index contributed by atoms with van der Waals surface area (Å²) in [6.07, 6.45) is 9.03. The molecule has 3 aromatic rings. The zero-order valence-electron chi connectivity index (χ0n) is 17.4. The van der Waals surface area contributed by atoms with Gasteiger partial charge in [0.15, 0.2) is 0 Å². The van der Waals surface area contributed by atoms with Crippen LogP contribution in [0.15, 0.2) is 42.9 Å². The highest BCUT2D eigenvalue weighted by Gasteiger charge is 2.26. The van der Waals surface area contributed by atoms with Crippen LogP contribution >= 0.6 is 0 Å². The average Bonchev–Trinajstić information content (AvgIpc) is 3.31. The van der Waals surface area contributed by atoms with Gasteiger partial charge in [0, 0.05) is 18.5 Å². The Morgan fingerprint density at radius 3 is 2.84 bits per heavy atom. The lowest BCUT2D eigenvalue weighted by Gasteiger charge is -2.31. The zero-order valence-corrected chi connectivity index (χ0v) is 17.4. The van der Waals surface area contributed by atoms with E-state index >= 15 is 0 Å². The SMILES string of the molecule is CCO[C@@H]1CCCC[C@H]1Nc1ncc(C(N)=O)c(Nc2cccc(-n3nccn3)c2)n1.